The Kier molecular flexibility index (Phi) is 5.06. The first-order valence-electron chi connectivity index (χ1n) is 5.22. The van der Waals surface area contributed by atoms with Crippen molar-refractivity contribution in [2.45, 2.75) is 6.92 Å². The fraction of sp³-hybridized carbons (Fsp3) is 0.182. The largest absolute Gasteiger partial charge is 0.366 e. The molecule has 1 aromatic rings. The summed E-state index contributed by atoms with van der Waals surface area (Å²) in [7, 11) is 1.75. The number of urea groups is 1. The Morgan fingerprint density at radius 1 is 1.33 bits per heavy atom. The van der Waals surface area contributed by atoms with Gasteiger partial charge in [-0.2, -0.15) is 5.10 Å². The standard InChI is InChI=1S/C11H15N5OS/c1-7(15-16-10(12)17)8-3-5-9(6-4-8)14-11(18)13-2/h3-6H,1-2H3,(H3,12,16,17)(H2,13,14,18). The van der Waals surface area contributed by atoms with Gasteiger partial charge in [0.2, 0.25) is 0 Å². The molecule has 0 saturated carbocycles. The minimum atomic E-state index is -0.688. The molecule has 2 amide bonds. The van der Waals surface area contributed by atoms with Gasteiger partial charge in [0.1, 0.15) is 0 Å². The summed E-state index contributed by atoms with van der Waals surface area (Å²) in [6.45, 7) is 1.77. The number of benzene rings is 1. The number of anilines is 1. The van der Waals surface area contributed by atoms with E-state index in [4.69, 9.17) is 18.0 Å². The molecule has 5 N–H and O–H groups in total. The number of primary amides is 1. The van der Waals surface area contributed by atoms with Crippen molar-refractivity contribution < 1.29 is 4.79 Å². The van der Waals surface area contributed by atoms with Gasteiger partial charge in [0.15, 0.2) is 5.11 Å². The van der Waals surface area contributed by atoms with E-state index in [2.05, 4.69) is 21.2 Å². The van der Waals surface area contributed by atoms with Crippen LogP contribution in [0.1, 0.15) is 12.5 Å². The van der Waals surface area contributed by atoms with Gasteiger partial charge in [-0.05, 0) is 36.8 Å². The maximum Gasteiger partial charge on any atom is 0.332 e. The fourth-order valence-electron chi connectivity index (χ4n) is 1.19. The van der Waals surface area contributed by atoms with Gasteiger partial charge in [0.05, 0.1) is 5.71 Å². The highest BCUT2D eigenvalue weighted by molar-refractivity contribution is 7.80. The van der Waals surface area contributed by atoms with E-state index in [-0.39, 0.29) is 0 Å². The van der Waals surface area contributed by atoms with E-state index in [0.29, 0.717) is 10.8 Å². The summed E-state index contributed by atoms with van der Waals surface area (Å²) in [5.74, 6) is 0. The Bertz CT molecular complexity index is 469. The molecule has 0 fully saturated rings. The second-order valence-corrected chi connectivity index (χ2v) is 3.86. The van der Waals surface area contributed by atoms with Gasteiger partial charge >= 0.3 is 6.03 Å². The van der Waals surface area contributed by atoms with Gasteiger partial charge in [-0.15, -0.1) is 0 Å². The van der Waals surface area contributed by atoms with Crippen molar-refractivity contribution >= 4 is 34.8 Å². The highest BCUT2D eigenvalue weighted by Gasteiger charge is 1.99. The molecule has 0 saturated heterocycles. The van der Waals surface area contributed by atoms with Crippen LogP contribution in [-0.2, 0) is 0 Å². The predicted molar refractivity (Wildman–Crippen MR) is 76.7 cm³/mol. The van der Waals surface area contributed by atoms with Crippen LogP contribution in [0.4, 0.5) is 10.5 Å². The third-order valence-corrected chi connectivity index (χ3v) is 2.43. The van der Waals surface area contributed by atoms with Crippen molar-refractivity contribution in [3.8, 4) is 0 Å². The molecule has 96 valence electrons. The number of nitrogens with two attached hydrogens (primary N) is 1. The third-order valence-electron chi connectivity index (χ3n) is 2.12. The summed E-state index contributed by atoms with van der Waals surface area (Å²) in [6, 6.07) is 6.77. The molecular weight excluding hydrogens is 250 g/mol. The average Bonchev–Trinajstić information content (AvgIpc) is 2.36. The van der Waals surface area contributed by atoms with E-state index in [1.807, 2.05) is 24.3 Å². The Balaban J connectivity index is 2.73. The summed E-state index contributed by atoms with van der Waals surface area (Å²) in [4.78, 5) is 10.5. The van der Waals surface area contributed by atoms with Crippen LogP contribution in [0.25, 0.3) is 0 Å². The molecule has 0 atom stereocenters. The van der Waals surface area contributed by atoms with Crippen LogP contribution in [0.2, 0.25) is 0 Å². The highest BCUT2D eigenvalue weighted by Crippen LogP contribution is 2.10. The van der Waals surface area contributed by atoms with Crippen molar-refractivity contribution in [2.75, 3.05) is 12.4 Å². The van der Waals surface area contributed by atoms with Gasteiger partial charge in [-0.1, -0.05) is 12.1 Å². The first kappa shape index (κ1) is 13.9. The molecule has 6 nitrogen and oxygen atoms in total. The maximum absolute atomic E-state index is 10.5. The molecule has 1 aromatic carbocycles. The van der Waals surface area contributed by atoms with E-state index in [1.165, 1.54) is 0 Å². The summed E-state index contributed by atoms with van der Waals surface area (Å²) in [5, 5.41) is 10.2. The first-order valence-corrected chi connectivity index (χ1v) is 5.62. The zero-order valence-electron chi connectivity index (χ0n) is 10.2. The quantitative estimate of drug-likeness (QED) is 0.373. The van der Waals surface area contributed by atoms with E-state index < -0.39 is 6.03 Å². The minimum Gasteiger partial charge on any atom is -0.366 e. The number of carbonyl (C=O) groups excluding carboxylic acids is 1. The summed E-state index contributed by atoms with van der Waals surface area (Å²) in [5.41, 5.74) is 9.52. The van der Waals surface area contributed by atoms with Crippen molar-refractivity contribution in [3.05, 3.63) is 29.8 Å². The van der Waals surface area contributed by atoms with E-state index in [9.17, 15) is 4.79 Å². The number of nitrogens with one attached hydrogen (secondary N) is 3. The van der Waals surface area contributed by atoms with Gasteiger partial charge < -0.3 is 16.4 Å². The molecule has 7 heteroatoms. The minimum absolute atomic E-state index is 0.545. The zero-order valence-corrected chi connectivity index (χ0v) is 11.0. The molecule has 0 radical (unpaired) electrons. The Morgan fingerprint density at radius 3 is 2.44 bits per heavy atom. The van der Waals surface area contributed by atoms with Crippen molar-refractivity contribution in [2.24, 2.45) is 10.8 Å². The summed E-state index contributed by atoms with van der Waals surface area (Å²) >= 11 is 4.98. The molecule has 0 aliphatic rings. The molecule has 0 unspecified atom stereocenters. The SMILES string of the molecule is CNC(=S)Nc1ccc(C(C)=NNC(N)=O)cc1. The number of rotatable bonds is 3. The Morgan fingerprint density at radius 2 is 1.94 bits per heavy atom. The Labute approximate surface area is 111 Å². The van der Waals surface area contributed by atoms with Crippen molar-refractivity contribution in [1.29, 1.82) is 0 Å². The third kappa shape index (κ3) is 4.38. The zero-order chi connectivity index (χ0) is 13.5. The predicted octanol–water partition coefficient (Wildman–Crippen LogP) is 0.995. The molecule has 0 aromatic heterocycles. The lowest BCUT2D eigenvalue weighted by atomic mass is 10.1. The van der Waals surface area contributed by atoms with Crippen LogP contribution in [0.5, 0.6) is 0 Å². The smallest absolute Gasteiger partial charge is 0.332 e. The molecule has 0 spiro atoms. The maximum atomic E-state index is 10.5. The fourth-order valence-corrected chi connectivity index (χ4v) is 1.31. The molecule has 0 aliphatic heterocycles. The van der Waals surface area contributed by atoms with Crippen molar-refractivity contribution in [1.82, 2.24) is 10.7 Å². The number of amides is 2. The van der Waals surface area contributed by atoms with Crippen LogP contribution in [-0.4, -0.2) is 23.9 Å². The van der Waals surface area contributed by atoms with Gasteiger partial charge in [-0.3, -0.25) is 0 Å². The molecule has 0 bridgehead atoms. The number of carbonyl (C=O) groups is 1. The van der Waals surface area contributed by atoms with Crippen LogP contribution in [0.15, 0.2) is 29.4 Å². The number of hydrazone groups is 1. The van der Waals surface area contributed by atoms with Gasteiger partial charge in [-0.25, -0.2) is 10.2 Å². The molecule has 0 aliphatic carbocycles. The number of hydrogen-bond donors (Lipinski definition) is 4. The summed E-state index contributed by atoms with van der Waals surface area (Å²) < 4.78 is 0. The van der Waals surface area contributed by atoms with Crippen LogP contribution < -0.4 is 21.8 Å². The second kappa shape index (κ2) is 6.55. The molecule has 1 rings (SSSR count). The Hall–Kier alpha value is -2.15. The average molecular weight is 265 g/mol. The first-order chi connectivity index (χ1) is 8.52. The highest BCUT2D eigenvalue weighted by atomic mass is 32.1. The van der Waals surface area contributed by atoms with Gasteiger partial charge in [0, 0.05) is 12.7 Å². The molecule has 18 heavy (non-hydrogen) atoms. The van der Waals surface area contributed by atoms with Gasteiger partial charge in [0.25, 0.3) is 0 Å². The van der Waals surface area contributed by atoms with E-state index in [1.54, 1.807) is 14.0 Å². The lowest BCUT2D eigenvalue weighted by Crippen LogP contribution is -2.25. The molecule has 0 heterocycles. The van der Waals surface area contributed by atoms with E-state index in [0.717, 1.165) is 11.3 Å². The second-order valence-electron chi connectivity index (χ2n) is 3.45. The topological polar surface area (TPSA) is 91.5 Å². The monoisotopic (exact) mass is 265 g/mol. The number of hydrogen-bond acceptors (Lipinski definition) is 3. The summed E-state index contributed by atoms with van der Waals surface area (Å²) in [6.07, 6.45) is 0. The molecular formula is C11H15N5OS. The van der Waals surface area contributed by atoms with Crippen molar-refractivity contribution in [3.63, 3.8) is 0 Å². The van der Waals surface area contributed by atoms with E-state index >= 15 is 0 Å². The number of nitrogens with zero attached hydrogens (tertiary/aromatic N) is 1. The number of thiocarbonyl (C=S) groups is 1. The van der Waals surface area contributed by atoms with Crippen LogP contribution >= 0.6 is 12.2 Å². The van der Waals surface area contributed by atoms with Crippen LogP contribution in [0.3, 0.4) is 0 Å². The lowest BCUT2D eigenvalue weighted by molar-refractivity contribution is 0.249. The normalized spacial score (nSPS) is 10.7. The van der Waals surface area contributed by atoms with Crippen LogP contribution in [0, 0.1) is 0 Å². The lowest BCUT2D eigenvalue weighted by Gasteiger charge is -2.07.